The molecule has 0 spiro atoms. The van der Waals surface area contributed by atoms with E-state index in [-0.39, 0.29) is 12.5 Å². The van der Waals surface area contributed by atoms with E-state index in [9.17, 15) is 9.90 Å². The van der Waals surface area contributed by atoms with Crippen molar-refractivity contribution in [3.05, 3.63) is 64.1 Å². The van der Waals surface area contributed by atoms with Crippen molar-refractivity contribution in [3.8, 4) is 5.75 Å². The number of hydrogen-bond donors (Lipinski definition) is 2. The maximum atomic E-state index is 12.3. The molecule has 1 aliphatic rings. The van der Waals surface area contributed by atoms with Crippen LogP contribution in [-0.2, 0) is 11.2 Å². The maximum Gasteiger partial charge on any atom is 0.234 e. The lowest BCUT2D eigenvalue weighted by atomic mass is 9.96. The average Bonchev–Trinajstić information content (AvgIpc) is 2.92. The highest BCUT2D eigenvalue weighted by atomic mass is 35.5. The monoisotopic (exact) mass is 450 g/mol. The Bertz CT molecular complexity index is 834. The normalized spacial score (nSPS) is 19.8. The molecule has 0 unspecified atom stereocenters. The first-order chi connectivity index (χ1) is 14.4. The zero-order chi connectivity index (χ0) is 21.4. The number of carbonyl (C=O) groups excluding carboxylic acids is 1. The van der Waals surface area contributed by atoms with Crippen LogP contribution in [0.4, 0.5) is 0 Å². The van der Waals surface area contributed by atoms with Gasteiger partial charge in [0.25, 0.3) is 0 Å². The molecular formula is C23H28Cl2N2O3. The van der Waals surface area contributed by atoms with Crippen molar-refractivity contribution in [1.82, 2.24) is 10.2 Å². The third-order valence-electron chi connectivity index (χ3n) is 5.35. The molecule has 5 nitrogen and oxygen atoms in total. The van der Waals surface area contributed by atoms with Crippen molar-refractivity contribution in [2.75, 3.05) is 32.8 Å². The summed E-state index contributed by atoms with van der Waals surface area (Å²) in [6.45, 7) is 2.58. The van der Waals surface area contributed by atoms with Gasteiger partial charge in [-0.2, -0.15) is 0 Å². The Morgan fingerprint density at radius 1 is 1.10 bits per heavy atom. The summed E-state index contributed by atoms with van der Waals surface area (Å²) in [7, 11) is 0. The lowest BCUT2D eigenvalue weighted by molar-refractivity contribution is -0.122. The second-order valence-corrected chi connectivity index (χ2v) is 8.62. The van der Waals surface area contributed by atoms with Crippen LogP contribution in [0.2, 0.25) is 10.0 Å². The minimum Gasteiger partial charge on any atom is -0.491 e. The molecule has 0 saturated carbocycles. The summed E-state index contributed by atoms with van der Waals surface area (Å²) in [4.78, 5) is 14.4. The summed E-state index contributed by atoms with van der Waals surface area (Å²) in [6.07, 6.45) is 2.79. The van der Waals surface area contributed by atoms with Crippen molar-refractivity contribution in [1.29, 1.82) is 0 Å². The van der Waals surface area contributed by atoms with E-state index in [0.717, 1.165) is 19.4 Å². The van der Waals surface area contributed by atoms with Gasteiger partial charge >= 0.3 is 0 Å². The quantitative estimate of drug-likeness (QED) is 0.638. The number of benzene rings is 2. The number of hydrogen-bond acceptors (Lipinski definition) is 4. The third kappa shape index (κ3) is 7.17. The van der Waals surface area contributed by atoms with Crippen molar-refractivity contribution < 1.29 is 14.6 Å². The van der Waals surface area contributed by atoms with Gasteiger partial charge in [0.1, 0.15) is 12.4 Å². The van der Waals surface area contributed by atoms with E-state index in [1.165, 1.54) is 5.56 Å². The number of nitrogens with zero attached hydrogens (tertiary/aromatic N) is 1. The topological polar surface area (TPSA) is 61.8 Å². The Labute approximate surface area is 187 Å². The Morgan fingerprint density at radius 3 is 2.67 bits per heavy atom. The van der Waals surface area contributed by atoms with E-state index >= 15 is 0 Å². The number of aliphatic hydroxyl groups is 1. The molecule has 1 fully saturated rings. The summed E-state index contributed by atoms with van der Waals surface area (Å²) in [6, 6.07) is 15.2. The van der Waals surface area contributed by atoms with E-state index in [0.29, 0.717) is 48.3 Å². The van der Waals surface area contributed by atoms with Crippen LogP contribution < -0.4 is 10.1 Å². The van der Waals surface area contributed by atoms with E-state index in [1.807, 2.05) is 18.2 Å². The fraction of sp³-hybridized carbons (Fsp3) is 0.435. The zero-order valence-electron chi connectivity index (χ0n) is 16.9. The van der Waals surface area contributed by atoms with Crippen LogP contribution in [0.25, 0.3) is 0 Å². The molecule has 1 atom stereocenters. The summed E-state index contributed by atoms with van der Waals surface area (Å²) >= 11 is 11.9. The Morgan fingerprint density at radius 2 is 1.90 bits per heavy atom. The van der Waals surface area contributed by atoms with Crippen molar-refractivity contribution in [3.63, 3.8) is 0 Å². The Kier molecular flexibility index (Phi) is 8.40. The number of likely N-dealkylation sites (tertiary alicyclic amines) is 1. The second-order valence-electron chi connectivity index (χ2n) is 7.80. The highest BCUT2D eigenvalue weighted by molar-refractivity contribution is 6.42. The summed E-state index contributed by atoms with van der Waals surface area (Å²) in [5.74, 6) is 0.597. The largest absolute Gasteiger partial charge is 0.491 e. The van der Waals surface area contributed by atoms with Crippen LogP contribution in [-0.4, -0.2) is 54.3 Å². The van der Waals surface area contributed by atoms with Crippen LogP contribution in [0.5, 0.6) is 5.75 Å². The van der Waals surface area contributed by atoms with Gasteiger partial charge in [-0.25, -0.2) is 0 Å². The van der Waals surface area contributed by atoms with Gasteiger partial charge in [0, 0.05) is 19.2 Å². The van der Waals surface area contributed by atoms with Gasteiger partial charge in [0.15, 0.2) is 0 Å². The Hall–Kier alpha value is -1.79. The molecular weight excluding hydrogens is 423 g/mol. The number of halogens is 2. The molecule has 1 saturated heterocycles. The standard InChI is InChI=1S/C23H28Cl2N2O3/c24-20-8-7-19(15-21(20)25)30-17-23(29)10-4-13-27(14-11-23)16-22(28)26-12-9-18-5-2-1-3-6-18/h1-3,5-8,15,29H,4,9-14,16-17H2,(H,26,28)/t23-/m1/s1. The molecule has 2 N–H and O–H groups in total. The minimum absolute atomic E-state index is 0.0171. The minimum atomic E-state index is -0.926. The van der Waals surface area contributed by atoms with Crippen molar-refractivity contribution in [2.24, 2.45) is 0 Å². The molecule has 7 heteroatoms. The van der Waals surface area contributed by atoms with Crippen molar-refractivity contribution in [2.45, 2.75) is 31.3 Å². The van der Waals surface area contributed by atoms with Gasteiger partial charge in [-0.3, -0.25) is 9.69 Å². The smallest absolute Gasteiger partial charge is 0.234 e. The van der Waals surface area contributed by atoms with Crippen molar-refractivity contribution >= 4 is 29.1 Å². The molecule has 0 bridgehead atoms. The molecule has 2 aromatic carbocycles. The maximum absolute atomic E-state index is 12.3. The highest BCUT2D eigenvalue weighted by Gasteiger charge is 2.31. The summed E-state index contributed by atoms with van der Waals surface area (Å²) in [5, 5.41) is 14.8. The molecule has 1 heterocycles. The van der Waals surface area contributed by atoms with Gasteiger partial charge < -0.3 is 15.2 Å². The fourth-order valence-electron chi connectivity index (χ4n) is 3.57. The van der Waals surface area contributed by atoms with Gasteiger partial charge in [-0.1, -0.05) is 53.5 Å². The molecule has 2 aromatic rings. The molecule has 1 amide bonds. The first kappa shape index (κ1) is 22.9. The molecule has 0 aromatic heterocycles. The number of ether oxygens (including phenoxy) is 1. The SMILES string of the molecule is O=C(CN1CCC[C@](O)(COc2ccc(Cl)c(Cl)c2)CC1)NCCc1ccccc1. The first-order valence-corrected chi connectivity index (χ1v) is 11.0. The van der Waals surface area contributed by atoms with Crippen LogP contribution >= 0.6 is 23.2 Å². The van der Waals surface area contributed by atoms with E-state index in [2.05, 4.69) is 22.3 Å². The summed E-state index contributed by atoms with van der Waals surface area (Å²) in [5.41, 5.74) is 0.282. The predicted octanol–water partition coefficient (Wildman–Crippen LogP) is 3.95. The number of amides is 1. The second kappa shape index (κ2) is 11.0. The number of nitrogens with one attached hydrogen (secondary N) is 1. The van der Waals surface area contributed by atoms with E-state index in [1.54, 1.807) is 18.2 Å². The molecule has 0 radical (unpaired) electrons. The zero-order valence-corrected chi connectivity index (χ0v) is 18.5. The molecule has 30 heavy (non-hydrogen) atoms. The van der Waals surface area contributed by atoms with Gasteiger partial charge in [-0.15, -0.1) is 0 Å². The summed E-state index contributed by atoms with van der Waals surface area (Å²) < 4.78 is 5.76. The van der Waals surface area contributed by atoms with Gasteiger partial charge in [-0.05, 0) is 49.9 Å². The molecule has 0 aliphatic carbocycles. The Balaban J connectivity index is 1.41. The molecule has 1 aliphatic heterocycles. The van der Waals surface area contributed by atoms with E-state index in [4.69, 9.17) is 27.9 Å². The number of rotatable bonds is 8. The lowest BCUT2D eigenvalue weighted by Crippen LogP contribution is -2.40. The van der Waals surface area contributed by atoms with Crippen LogP contribution in [0.1, 0.15) is 24.8 Å². The van der Waals surface area contributed by atoms with Gasteiger partial charge in [0.2, 0.25) is 5.91 Å². The molecule has 162 valence electrons. The van der Waals surface area contributed by atoms with Crippen LogP contribution in [0.3, 0.4) is 0 Å². The lowest BCUT2D eigenvalue weighted by Gasteiger charge is -2.27. The predicted molar refractivity (Wildman–Crippen MR) is 120 cm³/mol. The van der Waals surface area contributed by atoms with Gasteiger partial charge in [0.05, 0.1) is 22.2 Å². The average molecular weight is 451 g/mol. The highest BCUT2D eigenvalue weighted by Crippen LogP contribution is 2.28. The number of carbonyl (C=O) groups is 1. The first-order valence-electron chi connectivity index (χ1n) is 10.3. The van der Waals surface area contributed by atoms with Crippen LogP contribution in [0, 0.1) is 0 Å². The fourth-order valence-corrected chi connectivity index (χ4v) is 3.86. The van der Waals surface area contributed by atoms with Crippen LogP contribution in [0.15, 0.2) is 48.5 Å². The third-order valence-corrected chi connectivity index (χ3v) is 6.09. The van der Waals surface area contributed by atoms with E-state index < -0.39 is 5.60 Å². The molecule has 3 rings (SSSR count).